The smallest absolute Gasteiger partial charge is 0.336 e. The fourth-order valence-corrected chi connectivity index (χ4v) is 5.53. The average Bonchev–Trinajstić information content (AvgIpc) is 2.90. The summed E-state index contributed by atoms with van der Waals surface area (Å²) in [6, 6.07) is 29.0. The molecule has 0 saturated carbocycles. The van der Waals surface area contributed by atoms with Gasteiger partial charge >= 0.3 is 5.63 Å². The Bertz CT molecular complexity index is 1870. The van der Waals surface area contributed by atoms with Gasteiger partial charge in [0.2, 0.25) is 0 Å². The summed E-state index contributed by atoms with van der Waals surface area (Å²) in [5.41, 5.74) is 3.79. The van der Waals surface area contributed by atoms with Crippen molar-refractivity contribution in [1.29, 1.82) is 0 Å². The third kappa shape index (κ3) is 4.10. The second-order valence-corrected chi connectivity index (χ2v) is 9.77. The SMILES string of the molecule is Cc1ccc(Cn2c(SCc3cc(=O)oc4ccc5ccccc5c34)nc3ccccc3c2=O)cc1. The number of fused-ring (bicyclic) bond motifs is 4. The highest BCUT2D eigenvalue weighted by Crippen LogP contribution is 2.31. The summed E-state index contributed by atoms with van der Waals surface area (Å²) < 4.78 is 7.24. The molecule has 2 heterocycles. The highest BCUT2D eigenvalue weighted by atomic mass is 32.2. The van der Waals surface area contributed by atoms with Crippen LogP contribution in [0.25, 0.3) is 32.6 Å². The van der Waals surface area contributed by atoms with Gasteiger partial charge < -0.3 is 4.42 Å². The van der Waals surface area contributed by atoms with E-state index in [4.69, 9.17) is 9.40 Å². The van der Waals surface area contributed by atoms with Crippen molar-refractivity contribution < 1.29 is 4.42 Å². The first-order valence-corrected chi connectivity index (χ1v) is 12.7. The Balaban J connectivity index is 1.47. The van der Waals surface area contributed by atoms with Crippen LogP contribution in [0.2, 0.25) is 0 Å². The van der Waals surface area contributed by atoms with Crippen LogP contribution >= 0.6 is 11.8 Å². The monoisotopic (exact) mass is 490 g/mol. The van der Waals surface area contributed by atoms with Crippen LogP contribution < -0.4 is 11.2 Å². The number of nitrogens with zero attached hydrogens (tertiary/aromatic N) is 2. The molecule has 0 bridgehead atoms. The second kappa shape index (κ2) is 9.13. The van der Waals surface area contributed by atoms with E-state index in [-0.39, 0.29) is 5.56 Å². The highest BCUT2D eigenvalue weighted by molar-refractivity contribution is 7.98. The van der Waals surface area contributed by atoms with E-state index in [0.717, 1.165) is 27.3 Å². The summed E-state index contributed by atoms with van der Waals surface area (Å²) in [5, 5.41) is 4.21. The van der Waals surface area contributed by atoms with Crippen LogP contribution in [-0.4, -0.2) is 9.55 Å². The van der Waals surface area contributed by atoms with Crippen molar-refractivity contribution >= 4 is 44.4 Å². The zero-order chi connectivity index (χ0) is 24.6. The molecule has 0 saturated heterocycles. The van der Waals surface area contributed by atoms with E-state index in [0.29, 0.717) is 33.9 Å². The number of para-hydroxylation sites is 1. The van der Waals surface area contributed by atoms with E-state index in [2.05, 4.69) is 0 Å². The van der Waals surface area contributed by atoms with Crippen molar-refractivity contribution in [2.75, 3.05) is 0 Å². The first-order valence-electron chi connectivity index (χ1n) is 11.7. The maximum Gasteiger partial charge on any atom is 0.336 e. The molecule has 0 N–H and O–H groups in total. The van der Waals surface area contributed by atoms with Crippen molar-refractivity contribution in [1.82, 2.24) is 9.55 Å². The zero-order valence-corrected chi connectivity index (χ0v) is 20.4. The van der Waals surface area contributed by atoms with Crippen LogP contribution in [-0.2, 0) is 12.3 Å². The summed E-state index contributed by atoms with van der Waals surface area (Å²) in [6.07, 6.45) is 0. The van der Waals surface area contributed by atoms with Crippen LogP contribution in [0.1, 0.15) is 16.7 Å². The lowest BCUT2D eigenvalue weighted by Gasteiger charge is -2.14. The summed E-state index contributed by atoms with van der Waals surface area (Å²) in [7, 11) is 0. The Morgan fingerprint density at radius 2 is 1.61 bits per heavy atom. The summed E-state index contributed by atoms with van der Waals surface area (Å²) >= 11 is 1.45. The minimum atomic E-state index is -0.392. The molecule has 0 unspecified atom stereocenters. The maximum atomic E-state index is 13.5. The normalized spacial score (nSPS) is 11.5. The summed E-state index contributed by atoms with van der Waals surface area (Å²) in [6.45, 7) is 2.46. The number of benzene rings is 4. The van der Waals surface area contributed by atoms with Gasteiger partial charge in [0.25, 0.3) is 5.56 Å². The number of hydrogen-bond donors (Lipinski definition) is 0. The zero-order valence-electron chi connectivity index (χ0n) is 19.6. The fourth-order valence-electron chi connectivity index (χ4n) is 4.55. The Kier molecular flexibility index (Phi) is 5.66. The van der Waals surface area contributed by atoms with E-state index in [1.54, 1.807) is 10.6 Å². The third-order valence-corrected chi connectivity index (χ3v) is 7.38. The molecule has 0 aliphatic rings. The average molecular weight is 491 g/mol. The molecule has 2 aromatic heterocycles. The maximum absolute atomic E-state index is 13.5. The molecule has 36 heavy (non-hydrogen) atoms. The van der Waals surface area contributed by atoms with E-state index in [9.17, 15) is 9.59 Å². The minimum Gasteiger partial charge on any atom is -0.423 e. The van der Waals surface area contributed by atoms with Crippen LogP contribution in [0.15, 0.2) is 110 Å². The van der Waals surface area contributed by atoms with Crippen LogP contribution in [0.3, 0.4) is 0 Å². The van der Waals surface area contributed by atoms with Gasteiger partial charge in [0, 0.05) is 17.2 Å². The quantitative estimate of drug-likeness (QED) is 0.123. The lowest BCUT2D eigenvalue weighted by Crippen LogP contribution is -2.24. The molecule has 176 valence electrons. The molecular formula is C30H22N2O3S. The molecule has 6 rings (SSSR count). The molecule has 0 aliphatic carbocycles. The van der Waals surface area contributed by atoms with Gasteiger partial charge in [-0.2, -0.15) is 0 Å². The number of aryl methyl sites for hydroxylation is 1. The van der Waals surface area contributed by atoms with Gasteiger partial charge in [-0.25, -0.2) is 9.78 Å². The predicted molar refractivity (Wildman–Crippen MR) is 146 cm³/mol. The molecule has 0 spiro atoms. The van der Waals surface area contributed by atoms with E-state index >= 15 is 0 Å². The van der Waals surface area contributed by atoms with Gasteiger partial charge in [-0.05, 0) is 47.0 Å². The highest BCUT2D eigenvalue weighted by Gasteiger charge is 2.15. The first-order chi connectivity index (χ1) is 17.6. The van der Waals surface area contributed by atoms with Crippen LogP contribution in [0.5, 0.6) is 0 Å². The first kappa shape index (κ1) is 22.3. The van der Waals surface area contributed by atoms with E-state index < -0.39 is 5.63 Å². The van der Waals surface area contributed by atoms with Crippen molar-refractivity contribution in [3.63, 3.8) is 0 Å². The predicted octanol–water partition coefficient (Wildman–Crippen LogP) is 6.31. The molecule has 4 aromatic carbocycles. The van der Waals surface area contributed by atoms with Gasteiger partial charge in [0.1, 0.15) is 5.58 Å². The van der Waals surface area contributed by atoms with E-state index in [1.807, 2.05) is 91.9 Å². The van der Waals surface area contributed by atoms with Crippen LogP contribution in [0.4, 0.5) is 0 Å². The molecule has 0 amide bonds. The largest absolute Gasteiger partial charge is 0.423 e. The molecule has 6 heteroatoms. The standard InChI is InChI=1S/C30H22N2O3S/c1-19-10-12-20(13-11-19)17-32-29(34)24-8-4-5-9-25(24)31-30(32)36-18-22-16-27(33)35-26-15-14-21-6-2-3-7-23(21)28(22)26/h2-16H,17-18H2,1H3. The lowest BCUT2D eigenvalue weighted by molar-refractivity contribution is 0.560. The van der Waals surface area contributed by atoms with Crippen molar-refractivity contribution in [3.05, 3.63) is 128 Å². The molecule has 0 radical (unpaired) electrons. The Morgan fingerprint density at radius 3 is 2.44 bits per heavy atom. The van der Waals surface area contributed by atoms with Crippen molar-refractivity contribution in [2.24, 2.45) is 0 Å². The summed E-state index contributed by atoms with van der Waals surface area (Å²) in [4.78, 5) is 30.7. The van der Waals surface area contributed by atoms with Gasteiger partial charge in [-0.15, -0.1) is 0 Å². The Morgan fingerprint density at radius 1 is 0.861 bits per heavy atom. The molecule has 5 nitrogen and oxygen atoms in total. The Hall–Kier alpha value is -4.16. The molecule has 0 fully saturated rings. The molecule has 6 aromatic rings. The topological polar surface area (TPSA) is 65.1 Å². The molecule has 0 aliphatic heterocycles. The van der Waals surface area contributed by atoms with Gasteiger partial charge in [-0.3, -0.25) is 9.36 Å². The number of hydrogen-bond acceptors (Lipinski definition) is 5. The number of aromatic nitrogens is 2. The van der Waals surface area contributed by atoms with Crippen LogP contribution in [0, 0.1) is 6.92 Å². The van der Waals surface area contributed by atoms with E-state index in [1.165, 1.54) is 17.3 Å². The Labute approximate surface area is 211 Å². The van der Waals surface area contributed by atoms with Gasteiger partial charge in [-0.1, -0.05) is 84.1 Å². The summed E-state index contributed by atoms with van der Waals surface area (Å²) in [5.74, 6) is 0.467. The minimum absolute atomic E-state index is 0.0773. The second-order valence-electron chi connectivity index (χ2n) is 8.83. The third-order valence-electron chi connectivity index (χ3n) is 6.36. The van der Waals surface area contributed by atoms with Gasteiger partial charge in [0.05, 0.1) is 17.4 Å². The fraction of sp³-hybridized carbons (Fsp3) is 0.100. The van der Waals surface area contributed by atoms with Crippen molar-refractivity contribution in [3.8, 4) is 0 Å². The lowest BCUT2D eigenvalue weighted by atomic mass is 10.0. The number of thioether (sulfide) groups is 1. The number of rotatable bonds is 5. The molecule has 0 atom stereocenters. The van der Waals surface area contributed by atoms with Crippen molar-refractivity contribution in [2.45, 2.75) is 24.4 Å². The molecular weight excluding hydrogens is 468 g/mol. The van der Waals surface area contributed by atoms with Gasteiger partial charge in [0.15, 0.2) is 5.16 Å².